The summed E-state index contributed by atoms with van der Waals surface area (Å²) in [7, 11) is 3.18. The van der Waals surface area contributed by atoms with Gasteiger partial charge in [-0.3, -0.25) is 14.5 Å². The molecule has 0 aliphatic carbocycles. The number of aliphatic carboxylic acids is 1. The van der Waals surface area contributed by atoms with E-state index in [1.54, 1.807) is 32.5 Å². The van der Waals surface area contributed by atoms with E-state index in [9.17, 15) is 14.7 Å². The Morgan fingerprint density at radius 1 is 1.11 bits per heavy atom. The molecule has 36 heavy (non-hydrogen) atoms. The fourth-order valence-corrected chi connectivity index (χ4v) is 4.87. The number of rotatable bonds is 9. The molecule has 2 aromatic heterocycles. The number of amides is 1. The molecule has 0 spiro atoms. The third-order valence-corrected chi connectivity index (χ3v) is 6.87. The summed E-state index contributed by atoms with van der Waals surface area (Å²) in [5.74, 6) is -1.52. The van der Waals surface area contributed by atoms with Crippen LogP contribution in [0.15, 0.2) is 72.2 Å². The highest BCUT2D eigenvalue weighted by Gasteiger charge is 2.27. The van der Waals surface area contributed by atoms with Crippen LogP contribution in [0.2, 0.25) is 5.02 Å². The molecular formula is C27H24ClN3O4S. The van der Waals surface area contributed by atoms with Crippen LogP contribution in [0.5, 0.6) is 5.88 Å². The topological polar surface area (TPSA) is 92.6 Å². The van der Waals surface area contributed by atoms with E-state index in [0.717, 1.165) is 22.3 Å². The lowest BCUT2D eigenvalue weighted by Crippen LogP contribution is -2.35. The summed E-state index contributed by atoms with van der Waals surface area (Å²) in [4.78, 5) is 35.2. The van der Waals surface area contributed by atoms with Gasteiger partial charge in [-0.15, -0.1) is 11.3 Å². The molecule has 0 saturated carbocycles. The zero-order chi connectivity index (χ0) is 25.7. The molecule has 4 rings (SSSR count). The van der Waals surface area contributed by atoms with Crippen molar-refractivity contribution in [2.24, 2.45) is 5.92 Å². The summed E-state index contributed by atoms with van der Waals surface area (Å²) in [6, 6.07) is 18.6. The molecule has 0 aliphatic rings. The summed E-state index contributed by atoms with van der Waals surface area (Å²) < 4.78 is 5.15. The standard InChI is InChI=1S/C27H24ClN3O4S/c1-31(26(34)19(13-25(32)33)12-17-6-4-3-5-7-17)27-30-23(16-36-27)21-10-9-20(28)14-22(21)18-8-11-24(35-2)29-15-18/h3-11,14-16,19H,12-13H2,1-2H3,(H,32,33)/t19-/m1/s1. The Morgan fingerprint density at radius 3 is 2.56 bits per heavy atom. The number of hydrogen-bond donors (Lipinski definition) is 1. The molecular weight excluding hydrogens is 498 g/mol. The maximum absolute atomic E-state index is 13.3. The van der Waals surface area contributed by atoms with Crippen LogP contribution in [0, 0.1) is 5.92 Å². The lowest BCUT2D eigenvalue weighted by atomic mass is 9.95. The highest BCUT2D eigenvalue weighted by molar-refractivity contribution is 7.14. The number of thiazole rings is 1. The maximum Gasteiger partial charge on any atom is 0.304 e. The second-order valence-electron chi connectivity index (χ2n) is 8.18. The molecule has 0 unspecified atom stereocenters. The predicted octanol–water partition coefficient (Wildman–Crippen LogP) is 5.83. The molecule has 1 N–H and O–H groups in total. The van der Waals surface area contributed by atoms with Crippen LogP contribution in [0.25, 0.3) is 22.4 Å². The van der Waals surface area contributed by atoms with E-state index in [4.69, 9.17) is 21.3 Å². The third kappa shape index (κ3) is 5.90. The summed E-state index contributed by atoms with van der Waals surface area (Å²) in [6.45, 7) is 0. The molecule has 2 aromatic carbocycles. The molecule has 0 saturated heterocycles. The zero-order valence-corrected chi connectivity index (χ0v) is 21.3. The van der Waals surface area contributed by atoms with E-state index in [2.05, 4.69) is 4.98 Å². The second-order valence-corrected chi connectivity index (χ2v) is 9.45. The van der Waals surface area contributed by atoms with E-state index in [-0.39, 0.29) is 12.3 Å². The number of carbonyl (C=O) groups excluding carboxylic acids is 1. The number of nitrogens with zero attached hydrogens (tertiary/aromatic N) is 3. The largest absolute Gasteiger partial charge is 0.481 e. The van der Waals surface area contributed by atoms with Gasteiger partial charge in [-0.1, -0.05) is 48.0 Å². The molecule has 0 radical (unpaired) electrons. The normalized spacial score (nSPS) is 11.6. The number of carboxylic acids is 1. The van der Waals surface area contributed by atoms with Gasteiger partial charge in [-0.05, 0) is 35.7 Å². The minimum Gasteiger partial charge on any atom is -0.481 e. The van der Waals surface area contributed by atoms with Gasteiger partial charge in [0.25, 0.3) is 0 Å². The minimum atomic E-state index is -1.02. The summed E-state index contributed by atoms with van der Waals surface area (Å²) in [5.41, 5.74) is 4.10. The molecule has 1 amide bonds. The summed E-state index contributed by atoms with van der Waals surface area (Å²) >= 11 is 7.60. The Bertz CT molecular complexity index is 1360. The number of hydrogen-bond acceptors (Lipinski definition) is 6. The Morgan fingerprint density at radius 2 is 1.89 bits per heavy atom. The molecule has 1 atom stereocenters. The molecule has 0 fully saturated rings. The van der Waals surface area contributed by atoms with Crippen molar-refractivity contribution in [2.45, 2.75) is 12.8 Å². The highest BCUT2D eigenvalue weighted by atomic mass is 35.5. The molecule has 0 aliphatic heterocycles. The second kappa shape index (κ2) is 11.3. The third-order valence-electron chi connectivity index (χ3n) is 5.72. The quantitative estimate of drug-likeness (QED) is 0.298. The first-order valence-corrected chi connectivity index (χ1v) is 12.4. The first-order valence-electron chi connectivity index (χ1n) is 11.1. The van der Waals surface area contributed by atoms with Crippen LogP contribution >= 0.6 is 22.9 Å². The lowest BCUT2D eigenvalue weighted by Gasteiger charge is -2.21. The fraction of sp³-hybridized carbons (Fsp3) is 0.185. The maximum atomic E-state index is 13.3. The summed E-state index contributed by atoms with van der Waals surface area (Å²) in [6.07, 6.45) is 1.78. The molecule has 7 nitrogen and oxygen atoms in total. The smallest absolute Gasteiger partial charge is 0.304 e. The zero-order valence-electron chi connectivity index (χ0n) is 19.7. The van der Waals surface area contributed by atoms with Crippen LogP contribution < -0.4 is 9.64 Å². The van der Waals surface area contributed by atoms with Gasteiger partial charge >= 0.3 is 5.97 Å². The Kier molecular flexibility index (Phi) is 7.97. The number of halogens is 1. The fourth-order valence-electron chi connectivity index (χ4n) is 3.91. The number of aromatic nitrogens is 2. The number of pyridine rings is 1. The van der Waals surface area contributed by atoms with Gasteiger partial charge in [0.1, 0.15) is 0 Å². The Hall–Kier alpha value is -3.75. The van der Waals surface area contributed by atoms with Gasteiger partial charge in [-0.25, -0.2) is 9.97 Å². The van der Waals surface area contributed by atoms with Crippen LogP contribution in [-0.2, 0) is 16.0 Å². The average molecular weight is 522 g/mol. The first kappa shape index (κ1) is 25.3. The van der Waals surface area contributed by atoms with Crippen LogP contribution in [0.4, 0.5) is 5.13 Å². The summed E-state index contributed by atoms with van der Waals surface area (Å²) in [5, 5.41) is 12.3. The van der Waals surface area contributed by atoms with Crippen molar-refractivity contribution in [3.05, 3.63) is 82.8 Å². The van der Waals surface area contributed by atoms with Crippen molar-refractivity contribution in [1.82, 2.24) is 9.97 Å². The number of benzene rings is 2. The monoisotopic (exact) mass is 521 g/mol. The van der Waals surface area contributed by atoms with Crippen molar-refractivity contribution in [3.63, 3.8) is 0 Å². The number of ether oxygens (including phenoxy) is 1. The number of anilines is 1. The van der Waals surface area contributed by atoms with Crippen LogP contribution in [0.1, 0.15) is 12.0 Å². The average Bonchev–Trinajstić information content (AvgIpc) is 3.38. The van der Waals surface area contributed by atoms with Gasteiger partial charge in [0, 0.05) is 40.8 Å². The first-order chi connectivity index (χ1) is 17.4. The van der Waals surface area contributed by atoms with Gasteiger partial charge in [0.2, 0.25) is 11.8 Å². The molecule has 4 aromatic rings. The minimum absolute atomic E-state index is 0.262. The Labute approximate surface area is 218 Å². The van der Waals surface area contributed by atoms with Crippen molar-refractivity contribution >= 4 is 39.9 Å². The Balaban J connectivity index is 1.61. The predicted molar refractivity (Wildman–Crippen MR) is 142 cm³/mol. The van der Waals surface area contributed by atoms with Gasteiger partial charge in [0.05, 0.1) is 25.1 Å². The van der Waals surface area contributed by atoms with Crippen molar-refractivity contribution in [1.29, 1.82) is 0 Å². The van der Waals surface area contributed by atoms with Crippen molar-refractivity contribution in [3.8, 4) is 28.3 Å². The molecule has 9 heteroatoms. The van der Waals surface area contributed by atoms with E-state index in [1.165, 1.54) is 16.2 Å². The van der Waals surface area contributed by atoms with E-state index >= 15 is 0 Å². The van der Waals surface area contributed by atoms with Gasteiger partial charge < -0.3 is 9.84 Å². The molecule has 0 bridgehead atoms. The number of carboxylic acid groups (broad SMARTS) is 1. The van der Waals surface area contributed by atoms with Crippen molar-refractivity contribution < 1.29 is 19.4 Å². The van der Waals surface area contributed by atoms with Crippen LogP contribution in [0.3, 0.4) is 0 Å². The number of methoxy groups -OCH3 is 1. The van der Waals surface area contributed by atoms with Crippen LogP contribution in [-0.4, -0.2) is 41.1 Å². The van der Waals surface area contributed by atoms with E-state index in [0.29, 0.717) is 28.1 Å². The molecule has 184 valence electrons. The van der Waals surface area contributed by atoms with E-state index in [1.807, 2.05) is 53.9 Å². The van der Waals surface area contributed by atoms with Crippen molar-refractivity contribution in [2.75, 3.05) is 19.1 Å². The lowest BCUT2D eigenvalue weighted by molar-refractivity contribution is -0.140. The SMILES string of the molecule is COc1ccc(-c2cc(Cl)ccc2-c2csc(N(C)C(=O)[C@@H](CC(=O)O)Cc3ccccc3)n2)cn1. The molecule has 2 heterocycles. The van der Waals surface area contributed by atoms with Gasteiger partial charge in [0.15, 0.2) is 5.13 Å². The highest BCUT2D eigenvalue weighted by Crippen LogP contribution is 2.36. The van der Waals surface area contributed by atoms with Gasteiger partial charge in [-0.2, -0.15) is 0 Å². The number of carbonyl (C=O) groups is 2. The van der Waals surface area contributed by atoms with E-state index < -0.39 is 11.9 Å².